The molecule has 0 unspecified atom stereocenters. The van der Waals surface area contributed by atoms with E-state index in [1.807, 2.05) is 12.1 Å². The average Bonchev–Trinajstić information content (AvgIpc) is 2.26. The molecule has 3 heteroatoms. The van der Waals surface area contributed by atoms with Crippen LogP contribution in [0.4, 0.5) is 5.69 Å². The predicted molar refractivity (Wildman–Crippen MR) is 81.3 cm³/mol. The number of thioether (sulfide) groups is 1. The molecule has 0 amide bonds. The molecule has 18 heavy (non-hydrogen) atoms. The van der Waals surface area contributed by atoms with Gasteiger partial charge in [0, 0.05) is 16.3 Å². The first-order valence-electron chi connectivity index (χ1n) is 5.79. The van der Waals surface area contributed by atoms with Gasteiger partial charge < -0.3 is 5.73 Å². The Morgan fingerprint density at radius 1 is 1.06 bits per heavy atom. The minimum Gasteiger partial charge on any atom is -0.399 e. The molecule has 0 radical (unpaired) electrons. The fourth-order valence-corrected chi connectivity index (χ4v) is 3.15. The Kier molecular flexibility index (Phi) is 4.20. The van der Waals surface area contributed by atoms with Crippen molar-refractivity contribution in [2.45, 2.75) is 24.5 Å². The van der Waals surface area contributed by atoms with Gasteiger partial charge in [-0.05, 0) is 37.6 Å². The van der Waals surface area contributed by atoms with Crippen molar-refractivity contribution in [1.29, 1.82) is 0 Å². The average molecular weight is 278 g/mol. The van der Waals surface area contributed by atoms with Crippen LogP contribution in [-0.2, 0) is 5.75 Å². The molecule has 2 rings (SSSR count). The van der Waals surface area contributed by atoms with Gasteiger partial charge in [-0.15, -0.1) is 11.8 Å². The van der Waals surface area contributed by atoms with Crippen LogP contribution >= 0.6 is 23.4 Å². The van der Waals surface area contributed by atoms with Gasteiger partial charge in [-0.25, -0.2) is 0 Å². The molecule has 0 aliphatic heterocycles. The van der Waals surface area contributed by atoms with Crippen molar-refractivity contribution < 1.29 is 0 Å². The van der Waals surface area contributed by atoms with Crippen LogP contribution < -0.4 is 5.73 Å². The van der Waals surface area contributed by atoms with E-state index >= 15 is 0 Å². The smallest absolute Gasteiger partial charge is 0.0562 e. The van der Waals surface area contributed by atoms with Crippen LogP contribution in [-0.4, -0.2) is 0 Å². The lowest BCUT2D eigenvalue weighted by molar-refractivity contribution is 1.29. The third kappa shape index (κ3) is 3.44. The Hall–Kier alpha value is -1.12. The number of hydrogen-bond acceptors (Lipinski definition) is 2. The van der Waals surface area contributed by atoms with Crippen molar-refractivity contribution in [3.63, 3.8) is 0 Å². The topological polar surface area (TPSA) is 26.0 Å². The van der Waals surface area contributed by atoms with E-state index < -0.39 is 0 Å². The molecule has 2 aromatic rings. The van der Waals surface area contributed by atoms with E-state index in [-0.39, 0.29) is 0 Å². The van der Waals surface area contributed by atoms with Gasteiger partial charge in [-0.2, -0.15) is 0 Å². The molecule has 1 nitrogen and oxygen atoms in total. The largest absolute Gasteiger partial charge is 0.399 e. The van der Waals surface area contributed by atoms with Crippen LogP contribution in [0.5, 0.6) is 0 Å². The second-order valence-corrected chi connectivity index (χ2v) is 5.90. The molecule has 0 fully saturated rings. The maximum Gasteiger partial charge on any atom is 0.0562 e. The first-order chi connectivity index (χ1) is 8.54. The summed E-state index contributed by atoms with van der Waals surface area (Å²) in [5.41, 5.74) is 10.3. The van der Waals surface area contributed by atoms with E-state index in [1.54, 1.807) is 17.8 Å². The summed E-state index contributed by atoms with van der Waals surface area (Å²) in [5, 5.41) is 0.726. The Labute approximate surface area is 117 Å². The summed E-state index contributed by atoms with van der Waals surface area (Å²) in [7, 11) is 0. The highest BCUT2D eigenvalue weighted by molar-refractivity contribution is 7.98. The summed E-state index contributed by atoms with van der Waals surface area (Å²) in [5.74, 6) is 0.923. The lowest BCUT2D eigenvalue weighted by Crippen LogP contribution is -1.87. The van der Waals surface area contributed by atoms with E-state index in [1.165, 1.54) is 16.7 Å². The molecule has 0 spiro atoms. The summed E-state index contributed by atoms with van der Waals surface area (Å²) in [6.07, 6.45) is 0. The minimum atomic E-state index is 0.704. The number of nitrogens with two attached hydrogens (primary N) is 1. The zero-order valence-corrected chi connectivity index (χ0v) is 12.1. The van der Waals surface area contributed by atoms with Crippen molar-refractivity contribution >= 4 is 29.1 Å². The third-order valence-electron chi connectivity index (χ3n) is 2.63. The van der Waals surface area contributed by atoms with Crippen molar-refractivity contribution in [2.75, 3.05) is 5.73 Å². The first kappa shape index (κ1) is 13.3. The molecule has 0 atom stereocenters. The van der Waals surface area contributed by atoms with Gasteiger partial charge in [0.1, 0.15) is 0 Å². The quantitative estimate of drug-likeness (QED) is 0.642. The van der Waals surface area contributed by atoms with Crippen LogP contribution in [0.1, 0.15) is 16.7 Å². The number of rotatable bonds is 3. The second-order valence-electron chi connectivity index (χ2n) is 4.47. The Morgan fingerprint density at radius 3 is 2.33 bits per heavy atom. The number of anilines is 1. The van der Waals surface area contributed by atoms with Crippen LogP contribution in [0.15, 0.2) is 41.3 Å². The second kappa shape index (κ2) is 5.68. The molecular formula is C15H16ClNS. The van der Waals surface area contributed by atoms with Gasteiger partial charge >= 0.3 is 0 Å². The van der Waals surface area contributed by atoms with E-state index in [9.17, 15) is 0 Å². The SMILES string of the molecule is Cc1cc(C)cc(CSc2ccc(N)cc2Cl)c1. The van der Waals surface area contributed by atoms with Gasteiger partial charge in [0.05, 0.1) is 5.02 Å². The standard InChI is InChI=1S/C15H16ClNS/c1-10-5-11(2)7-12(6-10)9-18-15-4-3-13(17)8-14(15)16/h3-8H,9,17H2,1-2H3. The van der Waals surface area contributed by atoms with Gasteiger partial charge in [-0.3, -0.25) is 0 Å². The van der Waals surface area contributed by atoms with Gasteiger partial charge in [0.2, 0.25) is 0 Å². The zero-order valence-electron chi connectivity index (χ0n) is 10.5. The van der Waals surface area contributed by atoms with Gasteiger partial charge in [0.15, 0.2) is 0 Å². The molecule has 0 aromatic heterocycles. The molecule has 0 aliphatic rings. The van der Waals surface area contributed by atoms with Crippen LogP contribution in [0.3, 0.4) is 0 Å². The normalized spacial score (nSPS) is 10.6. The number of benzene rings is 2. The third-order valence-corrected chi connectivity index (χ3v) is 4.20. The zero-order chi connectivity index (χ0) is 13.1. The van der Waals surface area contributed by atoms with E-state index in [0.717, 1.165) is 15.7 Å². The van der Waals surface area contributed by atoms with E-state index in [0.29, 0.717) is 5.69 Å². The molecule has 0 saturated heterocycles. The van der Waals surface area contributed by atoms with Crippen molar-refractivity contribution in [1.82, 2.24) is 0 Å². The Bertz CT molecular complexity index is 546. The lowest BCUT2D eigenvalue weighted by atomic mass is 10.1. The van der Waals surface area contributed by atoms with E-state index in [4.69, 9.17) is 17.3 Å². The molecule has 2 N–H and O–H groups in total. The fourth-order valence-electron chi connectivity index (χ4n) is 1.95. The summed E-state index contributed by atoms with van der Waals surface area (Å²) in [4.78, 5) is 1.07. The predicted octanol–water partition coefficient (Wildman–Crippen LogP) is 4.83. The van der Waals surface area contributed by atoms with Gasteiger partial charge in [-0.1, -0.05) is 40.9 Å². The Balaban J connectivity index is 2.11. The number of aryl methyl sites for hydroxylation is 2. The van der Waals surface area contributed by atoms with Crippen LogP contribution in [0.2, 0.25) is 5.02 Å². The fraction of sp³-hybridized carbons (Fsp3) is 0.200. The highest BCUT2D eigenvalue weighted by Crippen LogP contribution is 2.31. The molecule has 94 valence electrons. The molecule has 0 saturated carbocycles. The van der Waals surface area contributed by atoms with Crippen molar-refractivity contribution in [2.24, 2.45) is 0 Å². The molecule has 0 heterocycles. The van der Waals surface area contributed by atoms with E-state index in [2.05, 4.69) is 32.0 Å². The number of halogens is 1. The highest BCUT2D eigenvalue weighted by atomic mass is 35.5. The maximum absolute atomic E-state index is 6.16. The minimum absolute atomic E-state index is 0.704. The number of hydrogen-bond donors (Lipinski definition) is 1. The van der Waals surface area contributed by atoms with Crippen molar-refractivity contribution in [3.8, 4) is 0 Å². The molecular weight excluding hydrogens is 262 g/mol. The lowest BCUT2D eigenvalue weighted by Gasteiger charge is -2.07. The van der Waals surface area contributed by atoms with Gasteiger partial charge in [0.25, 0.3) is 0 Å². The first-order valence-corrected chi connectivity index (χ1v) is 7.16. The molecule has 2 aromatic carbocycles. The summed E-state index contributed by atoms with van der Waals surface area (Å²) >= 11 is 7.90. The van der Waals surface area contributed by atoms with Crippen LogP contribution in [0, 0.1) is 13.8 Å². The molecule has 0 aliphatic carbocycles. The molecule has 0 bridgehead atoms. The summed E-state index contributed by atoms with van der Waals surface area (Å²) in [6, 6.07) is 12.3. The monoisotopic (exact) mass is 277 g/mol. The maximum atomic E-state index is 6.16. The highest BCUT2D eigenvalue weighted by Gasteiger charge is 2.03. The summed E-state index contributed by atoms with van der Waals surface area (Å²) < 4.78 is 0. The summed E-state index contributed by atoms with van der Waals surface area (Å²) in [6.45, 7) is 4.24. The van der Waals surface area contributed by atoms with Crippen molar-refractivity contribution in [3.05, 3.63) is 58.1 Å². The van der Waals surface area contributed by atoms with Crippen LogP contribution in [0.25, 0.3) is 0 Å². The number of nitrogen functional groups attached to an aromatic ring is 1. The Morgan fingerprint density at radius 2 is 1.72 bits per heavy atom.